The minimum atomic E-state index is -2.68. The lowest BCUT2D eigenvalue weighted by Gasteiger charge is -2.12. The van der Waals surface area contributed by atoms with Crippen molar-refractivity contribution in [3.8, 4) is 5.75 Å². The third-order valence-corrected chi connectivity index (χ3v) is 4.43. The summed E-state index contributed by atoms with van der Waals surface area (Å²) < 4.78 is 37.3. The van der Waals surface area contributed by atoms with Crippen molar-refractivity contribution in [1.29, 1.82) is 0 Å². The number of carbonyl (C=O) groups is 2. The molecule has 2 heterocycles. The summed E-state index contributed by atoms with van der Waals surface area (Å²) in [5.74, 6) is -0.959. The van der Waals surface area contributed by atoms with E-state index in [0.717, 1.165) is 0 Å². The largest absolute Gasteiger partial charge is 0.487 e. The Bertz CT molecular complexity index is 1080. The molecule has 2 amide bonds. The number of benzene rings is 1. The molecule has 0 saturated heterocycles. The summed E-state index contributed by atoms with van der Waals surface area (Å²) in [6, 6.07) is 6.10. The molecule has 4 N–H and O–H groups in total. The number of primary amides is 1. The average Bonchev–Trinajstić information content (AvgIpc) is 3.05. The molecule has 1 atom stereocenters. The number of rotatable bonds is 8. The van der Waals surface area contributed by atoms with Gasteiger partial charge in [-0.15, -0.1) is 0 Å². The van der Waals surface area contributed by atoms with Crippen LogP contribution in [0.25, 0.3) is 11.0 Å². The third kappa shape index (κ3) is 4.38. The van der Waals surface area contributed by atoms with E-state index in [9.17, 15) is 23.5 Å². The molecule has 30 heavy (non-hydrogen) atoms. The number of aryl methyl sites for hydroxylation is 1. The predicted molar refractivity (Wildman–Crippen MR) is 102 cm³/mol. The normalized spacial score (nSPS) is 12.2. The standard InChI is InChI=1S/C20H19F2N3O5/c1-10-17(20(28)25-14(8-26)19(23)27)13-7-11(4-5-16(13)30-10)29-9-15-12(18(21)22)3-2-6-24-15/h2-7,14,18,26H,8-9H2,1H3,(H2,23,27)(H,25,28)/t14-/m0/s1. The van der Waals surface area contributed by atoms with E-state index < -0.39 is 30.9 Å². The van der Waals surface area contributed by atoms with Gasteiger partial charge in [0.25, 0.3) is 12.3 Å². The number of aromatic nitrogens is 1. The number of hydrogen-bond donors (Lipinski definition) is 3. The Kier molecular flexibility index (Phi) is 6.26. The molecule has 0 radical (unpaired) electrons. The van der Waals surface area contributed by atoms with Crippen molar-refractivity contribution in [2.75, 3.05) is 6.61 Å². The molecule has 0 fully saturated rings. The van der Waals surface area contributed by atoms with Crippen LogP contribution in [0.2, 0.25) is 0 Å². The average molecular weight is 419 g/mol. The van der Waals surface area contributed by atoms with Gasteiger partial charge in [-0.1, -0.05) is 0 Å². The van der Waals surface area contributed by atoms with Crippen LogP contribution in [0.1, 0.15) is 33.8 Å². The van der Waals surface area contributed by atoms with Gasteiger partial charge in [0, 0.05) is 17.1 Å². The van der Waals surface area contributed by atoms with Gasteiger partial charge in [0.1, 0.15) is 29.7 Å². The molecule has 2 aromatic heterocycles. The number of halogens is 2. The van der Waals surface area contributed by atoms with Crippen molar-refractivity contribution in [2.24, 2.45) is 5.73 Å². The summed E-state index contributed by atoms with van der Waals surface area (Å²) in [5, 5.41) is 11.9. The highest BCUT2D eigenvalue weighted by atomic mass is 19.3. The number of alkyl halides is 2. The van der Waals surface area contributed by atoms with Gasteiger partial charge in [0.05, 0.1) is 17.9 Å². The van der Waals surface area contributed by atoms with Gasteiger partial charge >= 0.3 is 0 Å². The number of nitrogens with zero attached hydrogens (tertiary/aromatic N) is 1. The maximum absolute atomic E-state index is 13.1. The number of pyridine rings is 1. The third-order valence-electron chi connectivity index (χ3n) is 4.43. The molecule has 0 unspecified atom stereocenters. The maximum atomic E-state index is 13.1. The molecule has 0 bridgehead atoms. The van der Waals surface area contributed by atoms with Crippen LogP contribution in [-0.4, -0.2) is 34.6 Å². The molecule has 0 spiro atoms. The number of aliphatic hydroxyl groups is 1. The number of ether oxygens (including phenoxy) is 1. The van der Waals surface area contributed by atoms with Gasteiger partial charge in [-0.25, -0.2) is 8.78 Å². The fraction of sp³-hybridized carbons (Fsp3) is 0.250. The Morgan fingerprint density at radius 3 is 2.77 bits per heavy atom. The Morgan fingerprint density at radius 1 is 1.33 bits per heavy atom. The minimum Gasteiger partial charge on any atom is -0.487 e. The molecular formula is C20H19F2N3O5. The van der Waals surface area contributed by atoms with Crippen LogP contribution in [0, 0.1) is 6.92 Å². The van der Waals surface area contributed by atoms with Crippen molar-refractivity contribution in [3.63, 3.8) is 0 Å². The lowest BCUT2D eigenvalue weighted by atomic mass is 10.1. The SMILES string of the molecule is Cc1oc2ccc(OCc3ncccc3C(F)F)cc2c1C(=O)N[C@@H](CO)C(N)=O. The first-order chi connectivity index (χ1) is 14.3. The quantitative estimate of drug-likeness (QED) is 0.514. The molecule has 0 aliphatic carbocycles. The second-order valence-corrected chi connectivity index (χ2v) is 6.43. The second-order valence-electron chi connectivity index (χ2n) is 6.43. The van der Waals surface area contributed by atoms with E-state index in [-0.39, 0.29) is 29.2 Å². The van der Waals surface area contributed by atoms with Crippen molar-refractivity contribution in [2.45, 2.75) is 26.0 Å². The monoisotopic (exact) mass is 419 g/mol. The van der Waals surface area contributed by atoms with Crippen LogP contribution >= 0.6 is 0 Å². The fourth-order valence-electron chi connectivity index (χ4n) is 2.93. The number of furan rings is 1. The van der Waals surface area contributed by atoms with Gasteiger partial charge in [0.2, 0.25) is 5.91 Å². The van der Waals surface area contributed by atoms with Gasteiger partial charge in [0.15, 0.2) is 0 Å². The van der Waals surface area contributed by atoms with E-state index in [1.165, 1.54) is 24.4 Å². The molecule has 10 heteroatoms. The molecule has 3 rings (SSSR count). The zero-order valence-electron chi connectivity index (χ0n) is 15.9. The Morgan fingerprint density at radius 2 is 2.10 bits per heavy atom. The zero-order valence-corrected chi connectivity index (χ0v) is 15.9. The van der Waals surface area contributed by atoms with Crippen molar-refractivity contribution < 1.29 is 32.6 Å². The number of carbonyl (C=O) groups excluding carboxylic acids is 2. The Balaban J connectivity index is 1.86. The molecule has 0 aliphatic rings. The summed E-state index contributed by atoms with van der Waals surface area (Å²) in [6.07, 6.45) is -1.29. The summed E-state index contributed by atoms with van der Waals surface area (Å²) >= 11 is 0. The molecule has 158 valence electrons. The van der Waals surface area contributed by atoms with Gasteiger partial charge in [-0.3, -0.25) is 14.6 Å². The summed E-state index contributed by atoms with van der Waals surface area (Å²) in [5.41, 5.74) is 5.54. The first-order valence-corrected chi connectivity index (χ1v) is 8.90. The summed E-state index contributed by atoms with van der Waals surface area (Å²) in [7, 11) is 0. The Labute approximate surface area is 169 Å². The summed E-state index contributed by atoms with van der Waals surface area (Å²) in [6.45, 7) is 0.718. The van der Waals surface area contributed by atoms with Crippen LogP contribution in [0.4, 0.5) is 8.78 Å². The number of hydrogen-bond acceptors (Lipinski definition) is 6. The van der Waals surface area contributed by atoms with E-state index in [4.69, 9.17) is 14.9 Å². The summed E-state index contributed by atoms with van der Waals surface area (Å²) in [4.78, 5) is 27.8. The molecule has 0 saturated carbocycles. The highest BCUT2D eigenvalue weighted by molar-refractivity contribution is 6.08. The van der Waals surface area contributed by atoms with E-state index in [1.807, 2.05) is 0 Å². The van der Waals surface area contributed by atoms with Crippen molar-refractivity contribution in [1.82, 2.24) is 10.3 Å². The smallest absolute Gasteiger partial charge is 0.265 e. The zero-order chi connectivity index (χ0) is 21.8. The lowest BCUT2D eigenvalue weighted by Crippen LogP contribution is -2.46. The van der Waals surface area contributed by atoms with Crippen molar-refractivity contribution >= 4 is 22.8 Å². The van der Waals surface area contributed by atoms with Crippen LogP contribution in [0.15, 0.2) is 40.9 Å². The molecule has 0 aliphatic heterocycles. The molecule has 3 aromatic rings. The fourth-order valence-corrected chi connectivity index (χ4v) is 2.93. The Hall–Kier alpha value is -3.53. The van der Waals surface area contributed by atoms with Crippen LogP contribution < -0.4 is 15.8 Å². The van der Waals surface area contributed by atoms with Gasteiger partial charge in [-0.05, 0) is 37.3 Å². The van der Waals surface area contributed by atoms with Gasteiger partial charge in [-0.2, -0.15) is 0 Å². The van der Waals surface area contributed by atoms with Crippen LogP contribution in [0.5, 0.6) is 5.75 Å². The van der Waals surface area contributed by atoms with E-state index in [1.54, 1.807) is 19.1 Å². The highest BCUT2D eigenvalue weighted by Crippen LogP contribution is 2.30. The number of nitrogens with one attached hydrogen (secondary N) is 1. The number of aliphatic hydroxyl groups excluding tert-OH is 1. The van der Waals surface area contributed by atoms with Crippen molar-refractivity contribution in [3.05, 3.63) is 59.1 Å². The minimum absolute atomic E-state index is 0.0983. The molecule has 1 aromatic carbocycles. The van der Waals surface area contributed by atoms with E-state index >= 15 is 0 Å². The highest BCUT2D eigenvalue weighted by Gasteiger charge is 2.23. The predicted octanol–water partition coefficient (Wildman–Crippen LogP) is 2.23. The van der Waals surface area contributed by atoms with E-state index in [0.29, 0.717) is 16.7 Å². The molecule has 8 nitrogen and oxygen atoms in total. The first kappa shape index (κ1) is 21.2. The van der Waals surface area contributed by atoms with Crippen LogP contribution in [0.3, 0.4) is 0 Å². The van der Waals surface area contributed by atoms with E-state index in [2.05, 4.69) is 10.3 Å². The lowest BCUT2D eigenvalue weighted by molar-refractivity contribution is -0.120. The number of nitrogens with two attached hydrogens (primary N) is 1. The maximum Gasteiger partial charge on any atom is 0.265 e. The second kappa shape index (κ2) is 8.87. The number of fused-ring (bicyclic) bond motifs is 1. The molecular weight excluding hydrogens is 400 g/mol. The first-order valence-electron chi connectivity index (χ1n) is 8.90. The number of amides is 2. The van der Waals surface area contributed by atoms with Crippen LogP contribution in [-0.2, 0) is 11.4 Å². The topological polar surface area (TPSA) is 128 Å². The van der Waals surface area contributed by atoms with Gasteiger partial charge < -0.3 is 25.3 Å².